The SMILES string of the molecule is Cc1ccc(OCCOCCF)cc1CC(NC(=O)OC(C)(C)C)C(=O)OC(C)(C)C. The average Bonchev–Trinajstić information content (AvgIpc) is 2.60. The summed E-state index contributed by atoms with van der Waals surface area (Å²) in [4.78, 5) is 25.1. The van der Waals surface area contributed by atoms with Crippen LogP contribution in [0.15, 0.2) is 18.2 Å². The van der Waals surface area contributed by atoms with Gasteiger partial charge in [0.1, 0.15) is 36.3 Å². The average molecular weight is 442 g/mol. The molecule has 176 valence electrons. The second-order valence-electron chi connectivity index (χ2n) is 9.17. The molecule has 0 radical (unpaired) electrons. The number of aryl methyl sites for hydroxylation is 1. The van der Waals surface area contributed by atoms with E-state index in [1.807, 2.05) is 13.0 Å². The van der Waals surface area contributed by atoms with Gasteiger partial charge in [-0.3, -0.25) is 0 Å². The molecule has 1 amide bonds. The minimum atomic E-state index is -0.934. The van der Waals surface area contributed by atoms with Gasteiger partial charge in [0.15, 0.2) is 0 Å². The first-order valence-corrected chi connectivity index (χ1v) is 10.4. The Balaban J connectivity index is 2.94. The van der Waals surface area contributed by atoms with E-state index >= 15 is 0 Å². The van der Waals surface area contributed by atoms with Crippen molar-refractivity contribution in [1.29, 1.82) is 0 Å². The number of hydrogen-bond acceptors (Lipinski definition) is 6. The lowest BCUT2D eigenvalue weighted by molar-refractivity contribution is -0.157. The predicted octanol–water partition coefficient (Wildman–Crippen LogP) is 4.14. The van der Waals surface area contributed by atoms with Crippen LogP contribution in [0.4, 0.5) is 9.18 Å². The summed E-state index contributed by atoms with van der Waals surface area (Å²) in [5, 5.41) is 2.63. The molecule has 0 aliphatic rings. The summed E-state index contributed by atoms with van der Waals surface area (Å²) in [6.07, 6.45) is -0.492. The molecule has 7 nitrogen and oxygen atoms in total. The van der Waals surface area contributed by atoms with Crippen LogP contribution in [-0.4, -0.2) is 55.8 Å². The number of benzene rings is 1. The van der Waals surface area contributed by atoms with Gasteiger partial charge in [-0.1, -0.05) is 6.07 Å². The highest BCUT2D eigenvalue weighted by Crippen LogP contribution is 2.20. The largest absolute Gasteiger partial charge is 0.491 e. The summed E-state index contributed by atoms with van der Waals surface area (Å²) < 4.78 is 33.6. The van der Waals surface area contributed by atoms with Crippen LogP contribution < -0.4 is 10.1 Å². The third kappa shape index (κ3) is 11.6. The lowest BCUT2D eigenvalue weighted by Crippen LogP contribution is -2.47. The van der Waals surface area contributed by atoms with E-state index in [-0.39, 0.29) is 26.2 Å². The fraction of sp³-hybridized carbons (Fsp3) is 0.652. The third-order valence-corrected chi connectivity index (χ3v) is 3.84. The zero-order valence-electron chi connectivity index (χ0n) is 19.7. The van der Waals surface area contributed by atoms with Crippen LogP contribution in [-0.2, 0) is 25.4 Å². The highest BCUT2D eigenvalue weighted by atomic mass is 19.1. The molecule has 1 aromatic rings. The lowest BCUT2D eigenvalue weighted by Gasteiger charge is -2.26. The molecule has 1 atom stereocenters. The quantitative estimate of drug-likeness (QED) is 0.434. The zero-order chi connectivity index (χ0) is 23.7. The Hall–Kier alpha value is -2.35. The summed E-state index contributed by atoms with van der Waals surface area (Å²) in [6.45, 7) is 12.5. The highest BCUT2D eigenvalue weighted by molar-refractivity contribution is 5.82. The molecule has 0 saturated heterocycles. The van der Waals surface area contributed by atoms with Crippen LogP contribution in [0.25, 0.3) is 0 Å². The molecule has 0 fully saturated rings. The van der Waals surface area contributed by atoms with Gasteiger partial charge in [0.05, 0.1) is 13.2 Å². The molecular weight excluding hydrogens is 405 g/mol. The molecule has 0 aliphatic carbocycles. The monoisotopic (exact) mass is 441 g/mol. The summed E-state index contributed by atoms with van der Waals surface area (Å²) in [6, 6.07) is 4.54. The molecule has 0 spiro atoms. The topological polar surface area (TPSA) is 83.1 Å². The molecule has 1 unspecified atom stereocenters. The number of carbonyl (C=O) groups excluding carboxylic acids is 2. The number of carbonyl (C=O) groups is 2. The number of nitrogens with one attached hydrogen (secondary N) is 1. The van der Waals surface area contributed by atoms with E-state index in [0.717, 1.165) is 11.1 Å². The van der Waals surface area contributed by atoms with Gasteiger partial charge in [-0.15, -0.1) is 0 Å². The molecular formula is C23H36FNO6. The van der Waals surface area contributed by atoms with Crippen molar-refractivity contribution >= 4 is 12.1 Å². The van der Waals surface area contributed by atoms with E-state index in [4.69, 9.17) is 18.9 Å². The number of alkyl carbamates (subject to hydrolysis) is 1. The zero-order valence-corrected chi connectivity index (χ0v) is 19.7. The lowest BCUT2D eigenvalue weighted by atomic mass is 10.0. The van der Waals surface area contributed by atoms with Crippen LogP contribution in [0, 0.1) is 6.92 Å². The van der Waals surface area contributed by atoms with Crippen molar-refractivity contribution in [3.63, 3.8) is 0 Å². The fourth-order valence-electron chi connectivity index (χ4n) is 2.57. The van der Waals surface area contributed by atoms with Crippen molar-refractivity contribution in [2.45, 2.75) is 72.1 Å². The number of esters is 1. The summed E-state index contributed by atoms with van der Waals surface area (Å²) in [7, 11) is 0. The van der Waals surface area contributed by atoms with Gasteiger partial charge in [-0.05, 0) is 71.7 Å². The van der Waals surface area contributed by atoms with Crippen molar-refractivity contribution in [2.24, 2.45) is 0 Å². The number of amides is 1. The van der Waals surface area contributed by atoms with Crippen LogP contribution >= 0.6 is 0 Å². The van der Waals surface area contributed by atoms with Gasteiger partial charge in [0, 0.05) is 6.42 Å². The Morgan fingerprint density at radius 1 is 1.00 bits per heavy atom. The van der Waals surface area contributed by atoms with Crippen LogP contribution in [0.5, 0.6) is 5.75 Å². The van der Waals surface area contributed by atoms with E-state index in [2.05, 4.69) is 5.32 Å². The van der Waals surface area contributed by atoms with Gasteiger partial charge in [-0.2, -0.15) is 0 Å². The van der Waals surface area contributed by atoms with E-state index in [0.29, 0.717) is 5.75 Å². The van der Waals surface area contributed by atoms with Crippen LogP contribution in [0.1, 0.15) is 52.7 Å². The minimum Gasteiger partial charge on any atom is -0.491 e. The van der Waals surface area contributed by atoms with E-state index in [9.17, 15) is 14.0 Å². The summed E-state index contributed by atoms with van der Waals surface area (Å²) in [5.41, 5.74) is 0.343. The van der Waals surface area contributed by atoms with Crippen LogP contribution in [0.2, 0.25) is 0 Å². The Morgan fingerprint density at radius 2 is 1.65 bits per heavy atom. The number of hydrogen-bond donors (Lipinski definition) is 1. The number of rotatable bonds is 10. The van der Waals surface area contributed by atoms with Crippen molar-refractivity contribution in [1.82, 2.24) is 5.32 Å². The van der Waals surface area contributed by atoms with Gasteiger partial charge in [-0.25, -0.2) is 14.0 Å². The first kappa shape index (κ1) is 26.7. The smallest absolute Gasteiger partial charge is 0.408 e. The molecule has 1 rings (SSSR count). The van der Waals surface area contributed by atoms with Crippen molar-refractivity contribution in [3.8, 4) is 5.75 Å². The van der Waals surface area contributed by atoms with E-state index in [1.165, 1.54) is 0 Å². The predicted molar refractivity (Wildman–Crippen MR) is 116 cm³/mol. The second-order valence-corrected chi connectivity index (χ2v) is 9.17. The van der Waals surface area contributed by atoms with Crippen LogP contribution in [0.3, 0.4) is 0 Å². The number of alkyl halides is 1. The molecule has 1 aromatic carbocycles. The highest BCUT2D eigenvalue weighted by Gasteiger charge is 2.29. The Bertz CT molecular complexity index is 724. The maximum Gasteiger partial charge on any atom is 0.408 e. The molecule has 1 N–H and O–H groups in total. The van der Waals surface area contributed by atoms with E-state index in [1.54, 1.807) is 53.7 Å². The molecule has 31 heavy (non-hydrogen) atoms. The molecule has 0 aromatic heterocycles. The molecule has 0 heterocycles. The first-order chi connectivity index (χ1) is 14.3. The Labute approximate surface area is 184 Å². The number of halogens is 1. The van der Waals surface area contributed by atoms with Crippen molar-refractivity contribution in [2.75, 3.05) is 26.5 Å². The van der Waals surface area contributed by atoms with Crippen molar-refractivity contribution < 1.29 is 32.9 Å². The van der Waals surface area contributed by atoms with Gasteiger partial charge < -0.3 is 24.3 Å². The third-order valence-electron chi connectivity index (χ3n) is 3.84. The first-order valence-electron chi connectivity index (χ1n) is 10.4. The summed E-state index contributed by atoms with van der Waals surface area (Å²) >= 11 is 0. The standard InChI is InChI=1S/C23H36FNO6/c1-16-8-9-18(29-13-12-28-11-10-24)14-17(16)15-19(20(26)30-22(2,3)4)25-21(27)31-23(5,6)7/h8-9,14,19H,10-13,15H2,1-7H3,(H,25,27). The second kappa shape index (κ2) is 11.9. The van der Waals surface area contributed by atoms with Gasteiger partial charge in [0.2, 0.25) is 0 Å². The number of ether oxygens (including phenoxy) is 4. The maximum absolute atomic E-state index is 12.8. The minimum absolute atomic E-state index is 0.0381. The molecule has 8 heteroatoms. The van der Waals surface area contributed by atoms with Gasteiger partial charge >= 0.3 is 12.1 Å². The molecule has 0 aliphatic heterocycles. The van der Waals surface area contributed by atoms with E-state index < -0.39 is 36.0 Å². The fourth-order valence-corrected chi connectivity index (χ4v) is 2.57. The normalized spacial score (nSPS) is 12.8. The van der Waals surface area contributed by atoms with Crippen molar-refractivity contribution in [3.05, 3.63) is 29.3 Å². The maximum atomic E-state index is 12.8. The van der Waals surface area contributed by atoms with Gasteiger partial charge in [0.25, 0.3) is 0 Å². The summed E-state index contributed by atoms with van der Waals surface area (Å²) in [5.74, 6) is 0.0355. The molecule has 0 bridgehead atoms. The molecule has 0 saturated carbocycles. The Kier molecular flexibility index (Phi) is 10.2. The Morgan fingerprint density at radius 3 is 2.23 bits per heavy atom.